The number of halogens is 1. The Labute approximate surface area is 322 Å². The Hall–Kier alpha value is -4.72. The van der Waals surface area contributed by atoms with Crippen molar-refractivity contribution in [3.8, 4) is 0 Å². The number of amides is 3. The minimum Gasteiger partial charge on any atom is -0.382 e. The van der Waals surface area contributed by atoms with Crippen molar-refractivity contribution >= 4 is 43.2 Å². The summed E-state index contributed by atoms with van der Waals surface area (Å²) in [6.07, 6.45) is 5.17. The maximum atomic E-state index is 16.6. The van der Waals surface area contributed by atoms with Gasteiger partial charge in [-0.15, -0.1) is 5.10 Å². The van der Waals surface area contributed by atoms with E-state index in [9.17, 15) is 14.7 Å². The van der Waals surface area contributed by atoms with Gasteiger partial charge in [-0.25, -0.2) is 0 Å². The molecule has 288 valence electrons. The summed E-state index contributed by atoms with van der Waals surface area (Å²) in [5, 5.41) is 19.4. The van der Waals surface area contributed by atoms with Crippen LogP contribution in [0.15, 0.2) is 79.0 Å². The maximum absolute atomic E-state index is 16.6. The van der Waals surface area contributed by atoms with Gasteiger partial charge in [0.1, 0.15) is 11.8 Å². The Kier molecular flexibility index (Phi) is 9.97. The third kappa shape index (κ3) is 6.80. The minimum absolute atomic E-state index is 0.0479. The van der Waals surface area contributed by atoms with E-state index in [1.165, 1.54) is 0 Å². The van der Waals surface area contributed by atoms with Crippen LogP contribution >= 0.6 is 0 Å². The summed E-state index contributed by atoms with van der Waals surface area (Å²) < 4.78 is 25.3. The van der Waals surface area contributed by atoms with Crippen LogP contribution in [0.4, 0.5) is 21.2 Å². The lowest BCUT2D eigenvalue weighted by molar-refractivity contribution is -0.146. The van der Waals surface area contributed by atoms with Crippen LogP contribution in [0.2, 0.25) is 18.6 Å². The van der Waals surface area contributed by atoms with Gasteiger partial charge in [-0.1, -0.05) is 54.6 Å². The fourth-order valence-electron chi connectivity index (χ4n) is 9.37. The van der Waals surface area contributed by atoms with Crippen molar-refractivity contribution in [1.29, 1.82) is 0 Å². The fraction of sp³-hybridized carbons (Fsp3) is 0.452. The van der Waals surface area contributed by atoms with Crippen molar-refractivity contribution in [3.05, 3.63) is 101 Å². The first-order valence-corrected chi connectivity index (χ1v) is 22.6. The normalized spacial score (nSPS) is 24.9. The predicted octanol–water partition coefficient (Wildman–Crippen LogP) is 6.81. The van der Waals surface area contributed by atoms with E-state index in [-0.39, 0.29) is 24.3 Å². The number of hydrogen-bond donors (Lipinski definition) is 1. The molecule has 3 saturated heterocycles. The van der Waals surface area contributed by atoms with Crippen LogP contribution in [-0.2, 0) is 37.8 Å². The third-order valence-corrected chi connectivity index (χ3v) is 14.5. The second kappa shape index (κ2) is 14.7. The van der Waals surface area contributed by atoms with Crippen LogP contribution in [-0.4, -0.2) is 65.4 Å². The molecule has 0 saturated carbocycles. The summed E-state index contributed by atoms with van der Waals surface area (Å²) in [7, 11) is -3.45. The number of aliphatic hydroxyl groups excluding tert-OH is 1. The average molecular weight is 765 g/mol. The number of aliphatic hydroxyl groups is 1. The molecule has 4 aliphatic heterocycles. The zero-order valence-electron chi connectivity index (χ0n) is 31.7. The van der Waals surface area contributed by atoms with E-state index in [0.29, 0.717) is 67.1 Å². The van der Waals surface area contributed by atoms with Gasteiger partial charge in [-0.05, 0) is 86.7 Å². The molecule has 3 fully saturated rings. The number of carbonyl (C=O) groups is 3. The molecule has 55 heavy (non-hydrogen) atoms. The molecule has 5 atom stereocenters. The Morgan fingerprint density at radius 2 is 1.56 bits per heavy atom. The summed E-state index contributed by atoms with van der Waals surface area (Å²) in [5.41, 5.74) is 2.92. The first-order chi connectivity index (χ1) is 26.5. The van der Waals surface area contributed by atoms with Gasteiger partial charge in [0.05, 0.1) is 24.5 Å². The molecule has 0 radical (unpaired) electrons. The highest BCUT2D eigenvalue weighted by Crippen LogP contribution is 2.61. The number of carbonyl (C=O) groups excluding carboxylic acids is 3. The molecule has 0 bridgehead atoms. The Morgan fingerprint density at radius 1 is 0.909 bits per heavy atom. The van der Waals surface area contributed by atoms with Gasteiger partial charge >= 0.3 is 0 Å². The maximum Gasteiger partial charge on any atom is 0.264 e. The van der Waals surface area contributed by atoms with Crippen LogP contribution in [0.5, 0.6) is 0 Å². The van der Waals surface area contributed by atoms with Crippen LogP contribution < -0.4 is 14.7 Å². The molecule has 13 heteroatoms. The molecule has 5 heterocycles. The van der Waals surface area contributed by atoms with E-state index < -0.39 is 37.7 Å². The number of anilines is 3. The number of rotatable bonds is 10. The highest BCUT2D eigenvalue weighted by Gasteiger charge is 2.66. The largest absolute Gasteiger partial charge is 0.382 e. The highest BCUT2D eigenvalue weighted by atomic mass is 28.4. The molecule has 1 aromatic heterocycles. The molecule has 4 aliphatic rings. The second-order valence-corrected chi connectivity index (χ2v) is 19.8. The van der Waals surface area contributed by atoms with Gasteiger partial charge in [0, 0.05) is 60.9 Å². The molecule has 3 aromatic carbocycles. The molecule has 1 spiro atoms. The number of piperidine rings is 2. The molecule has 8 rings (SSSR count). The molecule has 1 N–H and O–H groups in total. The molecular weight excluding hydrogens is 716 g/mol. The topological polar surface area (TPSA) is 121 Å². The molecular formula is C42H49FN6O5Si. The zero-order chi connectivity index (χ0) is 38.5. The second-order valence-electron chi connectivity index (χ2n) is 16.0. The Morgan fingerprint density at radius 3 is 2.22 bits per heavy atom. The van der Waals surface area contributed by atoms with E-state index >= 15 is 8.90 Å². The Balaban J connectivity index is 1.11. The van der Waals surface area contributed by atoms with E-state index in [1.807, 2.05) is 84.6 Å². The van der Waals surface area contributed by atoms with E-state index in [1.54, 1.807) is 33.8 Å². The van der Waals surface area contributed by atoms with Crippen molar-refractivity contribution in [2.24, 2.45) is 5.92 Å². The van der Waals surface area contributed by atoms with Gasteiger partial charge in [0.2, 0.25) is 20.2 Å². The number of fused-ring (bicyclic) bond motifs is 2. The molecule has 4 aromatic rings. The predicted molar refractivity (Wildman–Crippen MR) is 210 cm³/mol. The SMILES string of the molecule is C[C@H]1[C@H]([Si](C)(C)F)[C@@H](CCn2cc([C@H](O)c3ccccc3)nn2)O[C@]12C(=O)N(Cc1ccc(N3CCCCC3=O)cc1)c1ccc(N3CCCCC3=O)cc12. The molecule has 0 unspecified atom stereocenters. The number of benzene rings is 3. The summed E-state index contributed by atoms with van der Waals surface area (Å²) in [6, 6.07) is 22.8. The van der Waals surface area contributed by atoms with E-state index in [2.05, 4.69) is 10.3 Å². The number of ether oxygens (including phenoxy) is 1. The number of nitrogens with zero attached hydrogens (tertiary/aromatic N) is 6. The van der Waals surface area contributed by atoms with Crippen molar-refractivity contribution in [3.63, 3.8) is 0 Å². The quantitative estimate of drug-likeness (QED) is 0.139. The lowest BCUT2D eigenvalue weighted by Crippen LogP contribution is -2.45. The molecule has 3 amide bonds. The standard InChI is InChI=1S/C42H49FN6O5Si/c1-28-40(55(2,3)43)36(21-24-46-27-34(44-45-46)39(52)30-11-5-4-6-12-30)54-42(28)33-25-32(48-23-10-8-14-38(48)51)19-20-35(33)49(41(42)53)26-29-15-17-31(18-16-29)47-22-9-7-13-37(47)50/h4-6,11-12,15-20,25,27-28,36,39-40,52H,7-10,13-14,21-24,26H2,1-3H3/t28-,36+,39+,40-,42+/m0/s1. The third-order valence-electron chi connectivity index (χ3n) is 12.1. The van der Waals surface area contributed by atoms with Crippen LogP contribution in [0, 0.1) is 5.92 Å². The van der Waals surface area contributed by atoms with E-state index in [4.69, 9.17) is 4.74 Å². The lowest BCUT2D eigenvalue weighted by Gasteiger charge is -2.32. The van der Waals surface area contributed by atoms with Gasteiger partial charge in [-0.2, -0.15) is 0 Å². The molecule has 11 nitrogen and oxygen atoms in total. The fourth-order valence-corrected chi connectivity index (χ4v) is 11.9. The monoisotopic (exact) mass is 764 g/mol. The molecule has 0 aliphatic carbocycles. The van der Waals surface area contributed by atoms with Crippen molar-refractivity contribution in [2.45, 2.75) is 101 Å². The van der Waals surface area contributed by atoms with Crippen molar-refractivity contribution < 1.29 is 28.3 Å². The van der Waals surface area contributed by atoms with Crippen molar-refractivity contribution in [1.82, 2.24) is 15.0 Å². The summed E-state index contributed by atoms with van der Waals surface area (Å²) in [5.74, 6) is -0.581. The smallest absolute Gasteiger partial charge is 0.264 e. The summed E-state index contributed by atoms with van der Waals surface area (Å²) in [6.45, 7) is 7.21. The first-order valence-electron chi connectivity index (χ1n) is 19.6. The number of aromatic nitrogens is 3. The van der Waals surface area contributed by atoms with E-state index in [0.717, 1.165) is 36.9 Å². The van der Waals surface area contributed by atoms with Gasteiger partial charge in [-0.3, -0.25) is 19.1 Å². The van der Waals surface area contributed by atoms with Crippen molar-refractivity contribution in [2.75, 3.05) is 27.8 Å². The van der Waals surface area contributed by atoms with Gasteiger partial charge < -0.3 is 28.7 Å². The first kappa shape index (κ1) is 37.2. The van der Waals surface area contributed by atoms with Crippen LogP contribution in [0.3, 0.4) is 0 Å². The minimum atomic E-state index is -3.45. The number of hydrogen-bond acceptors (Lipinski definition) is 7. The average Bonchev–Trinajstić information content (AvgIpc) is 3.85. The van der Waals surface area contributed by atoms with Crippen LogP contribution in [0.25, 0.3) is 0 Å². The highest BCUT2D eigenvalue weighted by molar-refractivity contribution is 6.72. The summed E-state index contributed by atoms with van der Waals surface area (Å²) in [4.78, 5) is 46.2. The van der Waals surface area contributed by atoms with Crippen LogP contribution in [0.1, 0.15) is 80.4 Å². The van der Waals surface area contributed by atoms with Gasteiger partial charge in [0.15, 0.2) is 5.60 Å². The number of aryl methyl sites for hydroxylation is 1. The zero-order valence-corrected chi connectivity index (χ0v) is 32.7. The summed E-state index contributed by atoms with van der Waals surface area (Å²) >= 11 is 0. The lowest BCUT2D eigenvalue weighted by atomic mass is 9.82. The Bertz CT molecular complexity index is 2070. The van der Waals surface area contributed by atoms with Gasteiger partial charge in [0.25, 0.3) is 5.91 Å².